The summed E-state index contributed by atoms with van der Waals surface area (Å²) in [6.07, 6.45) is 4.30. The first-order chi connectivity index (χ1) is 8.72. The van der Waals surface area contributed by atoms with Crippen molar-refractivity contribution in [3.63, 3.8) is 0 Å². The van der Waals surface area contributed by atoms with Crippen LogP contribution in [-0.2, 0) is 6.42 Å². The van der Waals surface area contributed by atoms with Crippen LogP contribution in [0.3, 0.4) is 0 Å². The Balaban J connectivity index is 2.26. The molecule has 5 heteroatoms. The van der Waals surface area contributed by atoms with E-state index in [0.717, 1.165) is 22.0 Å². The van der Waals surface area contributed by atoms with Crippen molar-refractivity contribution in [1.29, 1.82) is 0 Å². The zero-order chi connectivity index (χ0) is 13.0. The Kier molecular flexibility index (Phi) is 4.72. The molecule has 0 amide bonds. The van der Waals surface area contributed by atoms with E-state index < -0.39 is 0 Å². The van der Waals surface area contributed by atoms with E-state index in [1.807, 2.05) is 30.3 Å². The molecule has 0 bridgehead atoms. The molecule has 1 aromatic carbocycles. The maximum absolute atomic E-state index is 6.28. The summed E-state index contributed by atoms with van der Waals surface area (Å²) in [7, 11) is 0. The van der Waals surface area contributed by atoms with Crippen molar-refractivity contribution < 1.29 is 0 Å². The second kappa shape index (κ2) is 6.29. The van der Waals surface area contributed by atoms with Crippen LogP contribution in [0.4, 0.5) is 0 Å². The molecule has 94 valence electrons. The SMILES string of the molecule is NNC(Cc1ccncc1)c1cccc(Br)c1Cl. The van der Waals surface area contributed by atoms with Crippen molar-refractivity contribution in [2.24, 2.45) is 5.84 Å². The van der Waals surface area contributed by atoms with E-state index in [2.05, 4.69) is 26.3 Å². The lowest BCUT2D eigenvalue weighted by Crippen LogP contribution is -2.29. The van der Waals surface area contributed by atoms with Gasteiger partial charge in [-0.3, -0.25) is 16.3 Å². The lowest BCUT2D eigenvalue weighted by molar-refractivity contribution is 0.551. The van der Waals surface area contributed by atoms with Crippen molar-refractivity contribution >= 4 is 27.5 Å². The van der Waals surface area contributed by atoms with Gasteiger partial charge in [0.25, 0.3) is 0 Å². The summed E-state index contributed by atoms with van der Waals surface area (Å²) in [5.74, 6) is 5.63. The van der Waals surface area contributed by atoms with Crippen LogP contribution in [0.2, 0.25) is 5.02 Å². The zero-order valence-corrected chi connectivity index (χ0v) is 11.9. The van der Waals surface area contributed by atoms with Crippen LogP contribution >= 0.6 is 27.5 Å². The Morgan fingerprint density at radius 3 is 2.67 bits per heavy atom. The molecule has 18 heavy (non-hydrogen) atoms. The minimum absolute atomic E-state index is 0.0302. The summed E-state index contributed by atoms with van der Waals surface area (Å²) in [4.78, 5) is 4.00. The number of halogens is 2. The molecule has 2 rings (SSSR count). The number of hydrazine groups is 1. The lowest BCUT2D eigenvalue weighted by Gasteiger charge is -2.18. The molecule has 0 spiro atoms. The van der Waals surface area contributed by atoms with Gasteiger partial charge in [0.2, 0.25) is 0 Å². The summed E-state index contributed by atoms with van der Waals surface area (Å²) < 4.78 is 0.872. The van der Waals surface area contributed by atoms with Crippen LogP contribution in [0.5, 0.6) is 0 Å². The minimum atomic E-state index is -0.0302. The van der Waals surface area contributed by atoms with E-state index in [1.54, 1.807) is 12.4 Å². The number of hydrogen-bond acceptors (Lipinski definition) is 3. The van der Waals surface area contributed by atoms with E-state index in [0.29, 0.717) is 5.02 Å². The molecule has 1 heterocycles. The average molecular weight is 327 g/mol. The molecule has 0 aliphatic carbocycles. The van der Waals surface area contributed by atoms with E-state index in [4.69, 9.17) is 17.4 Å². The van der Waals surface area contributed by atoms with Gasteiger partial charge in [0.15, 0.2) is 0 Å². The zero-order valence-electron chi connectivity index (χ0n) is 9.61. The number of rotatable bonds is 4. The van der Waals surface area contributed by atoms with Crippen LogP contribution in [-0.4, -0.2) is 4.98 Å². The van der Waals surface area contributed by atoms with Crippen LogP contribution < -0.4 is 11.3 Å². The number of aromatic nitrogens is 1. The van der Waals surface area contributed by atoms with Crippen molar-refractivity contribution in [3.05, 3.63) is 63.3 Å². The Morgan fingerprint density at radius 1 is 1.28 bits per heavy atom. The molecule has 1 unspecified atom stereocenters. The van der Waals surface area contributed by atoms with E-state index in [-0.39, 0.29) is 6.04 Å². The molecule has 0 radical (unpaired) electrons. The van der Waals surface area contributed by atoms with Gasteiger partial charge >= 0.3 is 0 Å². The summed E-state index contributed by atoms with van der Waals surface area (Å²) >= 11 is 9.70. The van der Waals surface area contributed by atoms with Gasteiger partial charge in [0.05, 0.1) is 11.1 Å². The van der Waals surface area contributed by atoms with E-state index >= 15 is 0 Å². The van der Waals surface area contributed by atoms with Crippen molar-refractivity contribution in [3.8, 4) is 0 Å². The summed E-state index contributed by atoms with van der Waals surface area (Å²) in [5, 5.41) is 0.689. The molecule has 3 N–H and O–H groups in total. The molecule has 0 aliphatic heterocycles. The summed E-state index contributed by atoms with van der Waals surface area (Å²) in [5.41, 5.74) is 4.94. The molecule has 0 fully saturated rings. The second-order valence-corrected chi connectivity index (χ2v) is 5.15. The first kappa shape index (κ1) is 13.5. The molecule has 0 saturated carbocycles. The smallest absolute Gasteiger partial charge is 0.0596 e. The fourth-order valence-corrected chi connectivity index (χ4v) is 2.44. The number of pyridine rings is 1. The van der Waals surface area contributed by atoms with Crippen molar-refractivity contribution in [1.82, 2.24) is 10.4 Å². The maximum Gasteiger partial charge on any atom is 0.0596 e. The first-order valence-electron chi connectivity index (χ1n) is 5.51. The second-order valence-electron chi connectivity index (χ2n) is 3.92. The highest BCUT2D eigenvalue weighted by molar-refractivity contribution is 9.10. The number of nitrogens with two attached hydrogens (primary N) is 1. The summed E-state index contributed by atoms with van der Waals surface area (Å²) in [6.45, 7) is 0. The molecular weight excluding hydrogens is 314 g/mol. The maximum atomic E-state index is 6.28. The molecule has 1 atom stereocenters. The van der Waals surface area contributed by atoms with E-state index in [1.165, 1.54) is 0 Å². The van der Waals surface area contributed by atoms with Gasteiger partial charge in [-0.2, -0.15) is 0 Å². The lowest BCUT2D eigenvalue weighted by atomic mass is 10.00. The molecular formula is C13H13BrClN3. The Labute approximate surface area is 119 Å². The normalized spacial score (nSPS) is 12.4. The van der Waals surface area contributed by atoms with Crippen molar-refractivity contribution in [2.45, 2.75) is 12.5 Å². The molecule has 0 saturated heterocycles. The van der Waals surface area contributed by atoms with Gasteiger partial charge in [0, 0.05) is 16.9 Å². The minimum Gasteiger partial charge on any atom is -0.271 e. The number of nitrogens with one attached hydrogen (secondary N) is 1. The third-order valence-electron chi connectivity index (χ3n) is 2.75. The van der Waals surface area contributed by atoms with Crippen molar-refractivity contribution in [2.75, 3.05) is 0 Å². The monoisotopic (exact) mass is 325 g/mol. The Bertz CT molecular complexity index is 519. The van der Waals surface area contributed by atoms with Gasteiger partial charge in [-0.1, -0.05) is 23.7 Å². The standard InChI is InChI=1S/C13H13BrClN3/c14-11-3-1-2-10(13(11)15)12(18-16)8-9-4-6-17-7-5-9/h1-7,12,18H,8,16H2. The topological polar surface area (TPSA) is 50.9 Å². The van der Waals surface area contributed by atoms with Gasteiger partial charge in [0.1, 0.15) is 0 Å². The van der Waals surface area contributed by atoms with E-state index in [9.17, 15) is 0 Å². The third-order valence-corrected chi connectivity index (χ3v) is 4.06. The highest BCUT2D eigenvalue weighted by Crippen LogP contribution is 2.31. The largest absolute Gasteiger partial charge is 0.271 e. The predicted octanol–water partition coefficient (Wildman–Crippen LogP) is 3.24. The number of nitrogens with zero attached hydrogens (tertiary/aromatic N) is 1. The molecule has 0 aliphatic rings. The van der Waals surface area contributed by atoms with Gasteiger partial charge in [-0.05, 0) is 51.7 Å². The fraction of sp³-hybridized carbons (Fsp3) is 0.154. The first-order valence-corrected chi connectivity index (χ1v) is 6.68. The summed E-state index contributed by atoms with van der Waals surface area (Å²) in [6, 6.07) is 9.73. The predicted molar refractivity (Wildman–Crippen MR) is 77.2 cm³/mol. The fourth-order valence-electron chi connectivity index (χ4n) is 1.80. The quantitative estimate of drug-likeness (QED) is 0.670. The highest BCUT2D eigenvalue weighted by atomic mass is 79.9. The van der Waals surface area contributed by atoms with Crippen LogP contribution in [0.1, 0.15) is 17.2 Å². The third kappa shape index (κ3) is 3.09. The number of hydrogen-bond donors (Lipinski definition) is 2. The number of benzene rings is 1. The Morgan fingerprint density at radius 2 is 2.00 bits per heavy atom. The molecule has 2 aromatic rings. The average Bonchev–Trinajstić information content (AvgIpc) is 2.41. The Hall–Kier alpha value is -0.940. The van der Waals surface area contributed by atoms with Gasteiger partial charge in [-0.25, -0.2) is 0 Å². The van der Waals surface area contributed by atoms with Crippen LogP contribution in [0.15, 0.2) is 47.2 Å². The van der Waals surface area contributed by atoms with Gasteiger partial charge < -0.3 is 0 Å². The molecule has 1 aromatic heterocycles. The molecule has 3 nitrogen and oxygen atoms in total. The van der Waals surface area contributed by atoms with Gasteiger partial charge in [-0.15, -0.1) is 0 Å². The van der Waals surface area contributed by atoms with Crippen LogP contribution in [0.25, 0.3) is 0 Å². The van der Waals surface area contributed by atoms with Crippen LogP contribution in [0, 0.1) is 0 Å². The highest BCUT2D eigenvalue weighted by Gasteiger charge is 2.15.